The summed E-state index contributed by atoms with van der Waals surface area (Å²) >= 11 is 0.616. The van der Waals surface area contributed by atoms with Gasteiger partial charge in [-0.05, 0) is 0 Å². The van der Waals surface area contributed by atoms with Crippen molar-refractivity contribution in [1.82, 2.24) is 4.90 Å². The number of nitrogens with zero attached hydrogens (tertiary/aromatic N) is 1. The van der Waals surface area contributed by atoms with Gasteiger partial charge < -0.3 is 0 Å². The molecule has 1 nitrogen and oxygen atoms in total. The van der Waals surface area contributed by atoms with Gasteiger partial charge in [-0.1, -0.05) is 0 Å². The van der Waals surface area contributed by atoms with Crippen LogP contribution in [0.1, 0.15) is 37.3 Å². The molecule has 0 amide bonds. The molecule has 0 saturated carbocycles. The van der Waals surface area contributed by atoms with Crippen molar-refractivity contribution in [3.63, 3.8) is 0 Å². The third-order valence-corrected chi connectivity index (χ3v) is 7.61. The zero-order valence-electron chi connectivity index (χ0n) is 12.9. The molecule has 4 rings (SSSR count). The van der Waals surface area contributed by atoms with Crippen molar-refractivity contribution >= 4 is 19.4 Å². The number of benzene rings is 2. The standard InChI is InChI=1S/C20H23NSe/c1-3-7-16(8-4-1)20-14-13-17-11-12-18(21(17)20)15-22-19-9-5-2-6-10-19/h1-10,17-18,20H,11-15H2/t17-,18+,20-/m0/s1. The third kappa shape index (κ3) is 2.88. The van der Waals surface area contributed by atoms with Crippen LogP contribution in [0, 0.1) is 0 Å². The van der Waals surface area contributed by atoms with Crippen LogP contribution in [0.25, 0.3) is 0 Å². The Labute approximate surface area is 139 Å². The molecular weight excluding hydrogens is 333 g/mol. The first kappa shape index (κ1) is 14.5. The van der Waals surface area contributed by atoms with Crippen molar-refractivity contribution in [2.24, 2.45) is 0 Å². The summed E-state index contributed by atoms with van der Waals surface area (Å²) in [5.41, 5.74) is 1.53. The first-order valence-corrected chi connectivity index (χ1v) is 10.5. The quantitative estimate of drug-likeness (QED) is 0.753. The maximum atomic E-state index is 2.88. The van der Waals surface area contributed by atoms with E-state index in [9.17, 15) is 0 Å². The van der Waals surface area contributed by atoms with E-state index < -0.39 is 0 Å². The van der Waals surface area contributed by atoms with Gasteiger partial charge in [-0.15, -0.1) is 0 Å². The molecule has 2 saturated heterocycles. The van der Waals surface area contributed by atoms with Crippen LogP contribution in [0.3, 0.4) is 0 Å². The van der Waals surface area contributed by atoms with Gasteiger partial charge in [0.1, 0.15) is 0 Å². The van der Waals surface area contributed by atoms with E-state index in [0.29, 0.717) is 21.0 Å². The summed E-state index contributed by atoms with van der Waals surface area (Å²) in [6, 6.07) is 24.6. The first-order chi connectivity index (χ1) is 10.9. The normalized spacial score (nSPS) is 27.9. The van der Waals surface area contributed by atoms with Crippen molar-refractivity contribution in [3.8, 4) is 0 Å². The minimum absolute atomic E-state index is 0.616. The molecule has 0 N–H and O–H groups in total. The topological polar surface area (TPSA) is 3.24 Å². The first-order valence-electron chi connectivity index (χ1n) is 8.42. The Morgan fingerprint density at radius 2 is 1.50 bits per heavy atom. The van der Waals surface area contributed by atoms with Gasteiger partial charge >= 0.3 is 140 Å². The molecule has 0 bridgehead atoms. The van der Waals surface area contributed by atoms with Crippen molar-refractivity contribution in [2.75, 3.05) is 0 Å². The summed E-state index contributed by atoms with van der Waals surface area (Å²) < 4.78 is 1.55. The summed E-state index contributed by atoms with van der Waals surface area (Å²) in [4.78, 5) is 2.88. The second-order valence-corrected chi connectivity index (χ2v) is 8.75. The fourth-order valence-electron chi connectivity index (χ4n) is 4.18. The zero-order chi connectivity index (χ0) is 14.8. The van der Waals surface area contributed by atoms with Crippen LogP contribution >= 0.6 is 0 Å². The molecule has 2 aliphatic rings. The van der Waals surface area contributed by atoms with Crippen LogP contribution in [0.2, 0.25) is 5.32 Å². The molecule has 0 aromatic heterocycles. The van der Waals surface area contributed by atoms with Gasteiger partial charge in [0, 0.05) is 0 Å². The number of fused-ring (bicyclic) bond motifs is 1. The number of hydrogen-bond acceptors (Lipinski definition) is 1. The Morgan fingerprint density at radius 1 is 0.818 bits per heavy atom. The summed E-state index contributed by atoms with van der Waals surface area (Å²) in [7, 11) is 0. The Bertz CT molecular complexity index is 598. The van der Waals surface area contributed by atoms with E-state index in [1.54, 1.807) is 4.46 Å². The van der Waals surface area contributed by atoms with Crippen LogP contribution in [-0.4, -0.2) is 31.9 Å². The molecule has 3 atom stereocenters. The molecule has 0 spiro atoms. The summed E-state index contributed by atoms with van der Waals surface area (Å²) in [5, 5.41) is 1.37. The fraction of sp³-hybridized carbons (Fsp3) is 0.400. The molecule has 2 aromatic carbocycles. The summed E-state index contributed by atoms with van der Waals surface area (Å²) in [6.45, 7) is 0. The van der Waals surface area contributed by atoms with Crippen LogP contribution in [0.4, 0.5) is 0 Å². The van der Waals surface area contributed by atoms with Gasteiger partial charge in [-0.3, -0.25) is 0 Å². The van der Waals surface area contributed by atoms with E-state index in [2.05, 4.69) is 65.6 Å². The average Bonchev–Trinajstić information content (AvgIpc) is 3.17. The zero-order valence-corrected chi connectivity index (χ0v) is 14.6. The summed E-state index contributed by atoms with van der Waals surface area (Å²) in [6.07, 6.45) is 5.57. The van der Waals surface area contributed by atoms with E-state index in [-0.39, 0.29) is 0 Å². The Hall–Kier alpha value is -1.08. The fourth-order valence-corrected chi connectivity index (χ4v) is 6.43. The molecule has 0 aliphatic carbocycles. The van der Waals surface area contributed by atoms with E-state index in [1.165, 1.54) is 36.6 Å². The minimum atomic E-state index is 0.616. The molecule has 2 heteroatoms. The van der Waals surface area contributed by atoms with Crippen LogP contribution in [-0.2, 0) is 0 Å². The summed E-state index contributed by atoms with van der Waals surface area (Å²) in [5.74, 6) is 0. The van der Waals surface area contributed by atoms with Crippen LogP contribution in [0.5, 0.6) is 0 Å². The predicted octanol–water partition coefficient (Wildman–Crippen LogP) is 3.80. The second kappa shape index (κ2) is 6.58. The Balaban J connectivity index is 1.47. The molecule has 0 unspecified atom stereocenters. The SMILES string of the molecule is c1ccc([Se]C[C@H]2CC[C@H]3CC[C@@H](c4ccccc4)N32)cc1. The van der Waals surface area contributed by atoms with Gasteiger partial charge in [0.05, 0.1) is 0 Å². The molecule has 2 heterocycles. The van der Waals surface area contributed by atoms with Crippen molar-refractivity contribution in [1.29, 1.82) is 0 Å². The molecule has 22 heavy (non-hydrogen) atoms. The van der Waals surface area contributed by atoms with Crippen molar-refractivity contribution < 1.29 is 0 Å². The van der Waals surface area contributed by atoms with Gasteiger partial charge in [-0.25, -0.2) is 0 Å². The average molecular weight is 356 g/mol. The molecule has 2 fully saturated rings. The molecule has 0 radical (unpaired) electrons. The van der Waals surface area contributed by atoms with E-state index >= 15 is 0 Å². The van der Waals surface area contributed by atoms with Gasteiger partial charge in [0.25, 0.3) is 0 Å². The molecule has 2 aliphatic heterocycles. The Morgan fingerprint density at radius 3 is 2.27 bits per heavy atom. The number of hydrogen-bond donors (Lipinski definition) is 0. The van der Waals surface area contributed by atoms with Crippen molar-refractivity contribution in [3.05, 3.63) is 66.2 Å². The van der Waals surface area contributed by atoms with Crippen molar-refractivity contribution in [2.45, 2.75) is 49.1 Å². The van der Waals surface area contributed by atoms with E-state index in [0.717, 1.165) is 12.1 Å². The van der Waals surface area contributed by atoms with Gasteiger partial charge in [0.2, 0.25) is 0 Å². The maximum absolute atomic E-state index is 2.88. The third-order valence-electron chi connectivity index (χ3n) is 5.18. The molecular formula is C20H23NSe. The predicted molar refractivity (Wildman–Crippen MR) is 93.7 cm³/mol. The van der Waals surface area contributed by atoms with Crippen LogP contribution in [0.15, 0.2) is 60.7 Å². The Kier molecular flexibility index (Phi) is 4.34. The van der Waals surface area contributed by atoms with Gasteiger partial charge in [-0.2, -0.15) is 0 Å². The monoisotopic (exact) mass is 357 g/mol. The molecule has 2 aromatic rings. The van der Waals surface area contributed by atoms with Crippen LogP contribution < -0.4 is 4.46 Å². The molecule has 114 valence electrons. The second-order valence-electron chi connectivity index (χ2n) is 6.46. The number of rotatable bonds is 4. The van der Waals surface area contributed by atoms with E-state index in [4.69, 9.17) is 0 Å². The van der Waals surface area contributed by atoms with E-state index in [1.807, 2.05) is 0 Å². The van der Waals surface area contributed by atoms with Gasteiger partial charge in [0.15, 0.2) is 0 Å².